The van der Waals surface area contributed by atoms with Crippen molar-refractivity contribution in [3.8, 4) is 0 Å². The van der Waals surface area contributed by atoms with Gasteiger partial charge < -0.3 is 10.2 Å². The topological polar surface area (TPSA) is 28.2 Å². The number of nitrogens with one attached hydrogen (secondary N) is 1. The fourth-order valence-corrected chi connectivity index (χ4v) is 2.19. The van der Waals surface area contributed by atoms with E-state index in [9.17, 15) is 0 Å². The molecule has 0 aliphatic carbocycles. The number of aromatic nitrogens is 1. The summed E-state index contributed by atoms with van der Waals surface area (Å²) in [4.78, 5) is 6.63. The number of hydrogen-bond acceptors (Lipinski definition) is 3. The van der Waals surface area contributed by atoms with Crippen LogP contribution in [0.1, 0.15) is 25.1 Å². The molecule has 1 heterocycles. The minimum absolute atomic E-state index is 0.823. The van der Waals surface area contributed by atoms with Crippen LogP contribution in [0.3, 0.4) is 0 Å². The van der Waals surface area contributed by atoms with E-state index in [1.54, 1.807) is 0 Å². The molecule has 3 nitrogen and oxygen atoms in total. The maximum atomic E-state index is 4.28. The summed E-state index contributed by atoms with van der Waals surface area (Å²) >= 11 is 0. The van der Waals surface area contributed by atoms with Gasteiger partial charge in [0.1, 0.15) is 0 Å². The maximum absolute atomic E-state index is 4.28. The molecule has 0 amide bonds. The summed E-state index contributed by atoms with van der Waals surface area (Å²) in [5.74, 6) is 0. The second-order valence-corrected chi connectivity index (χ2v) is 4.88. The molecule has 0 saturated heterocycles. The Kier molecular flexibility index (Phi) is 4.99. The SMILES string of the molecule is CCN(CC)c1ccc(CNc2ccc(C)nc2)cc1. The first-order valence-electron chi connectivity index (χ1n) is 7.23. The van der Waals surface area contributed by atoms with Crippen molar-refractivity contribution in [3.05, 3.63) is 53.9 Å². The van der Waals surface area contributed by atoms with Gasteiger partial charge in [0.25, 0.3) is 0 Å². The van der Waals surface area contributed by atoms with E-state index in [0.717, 1.165) is 31.0 Å². The molecule has 3 heteroatoms. The number of aryl methyl sites for hydroxylation is 1. The molecule has 0 atom stereocenters. The molecule has 0 saturated carbocycles. The Bertz CT molecular complexity index is 513. The summed E-state index contributed by atoms with van der Waals surface area (Å²) in [6.07, 6.45) is 1.87. The summed E-state index contributed by atoms with van der Waals surface area (Å²) in [7, 11) is 0. The Hall–Kier alpha value is -2.03. The van der Waals surface area contributed by atoms with E-state index < -0.39 is 0 Å². The Morgan fingerprint density at radius 2 is 1.70 bits per heavy atom. The van der Waals surface area contributed by atoms with Crippen LogP contribution >= 0.6 is 0 Å². The lowest BCUT2D eigenvalue weighted by atomic mass is 10.2. The zero-order valence-corrected chi connectivity index (χ0v) is 12.6. The smallest absolute Gasteiger partial charge is 0.0529 e. The van der Waals surface area contributed by atoms with Crippen molar-refractivity contribution in [1.82, 2.24) is 4.98 Å². The highest BCUT2D eigenvalue weighted by Gasteiger charge is 2.01. The summed E-state index contributed by atoms with van der Waals surface area (Å²) < 4.78 is 0. The average Bonchev–Trinajstić information content (AvgIpc) is 2.49. The first kappa shape index (κ1) is 14.4. The third-order valence-electron chi connectivity index (χ3n) is 3.47. The van der Waals surface area contributed by atoms with E-state index in [1.165, 1.54) is 11.3 Å². The van der Waals surface area contributed by atoms with Crippen molar-refractivity contribution in [2.24, 2.45) is 0 Å². The predicted octanol–water partition coefficient (Wildman–Crippen LogP) is 3.85. The number of rotatable bonds is 6. The van der Waals surface area contributed by atoms with Gasteiger partial charge in [-0.05, 0) is 50.6 Å². The molecule has 0 radical (unpaired) electrons. The lowest BCUT2D eigenvalue weighted by molar-refractivity contribution is 0.865. The van der Waals surface area contributed by atoms with Crippen LogP contribution in [0.2, 0.25) is 0 Å². The van der Waals surface area contributed by atoms with Crippen LogP contribution in [0.15, 0.2) is 42.6 Å². The van der Waals surface area contributed by atoms with Crippen molar-refractivity contribution in [2.75, 3.05) is 23.3 Å². The fraction of sp³-hybridized carbons (Fsp3) is 0.353. The van der Waals surface area contributed by atoms with Gasteiger partial charge in [-0.1, -0.05) is 12.1 Å². The zero-order valence-electron chi connectivity index (χ0n) is 12.6. The normalized spacial score (nSPS) is 10.3. The van der Waals surface area contributed by atoms with E-state index in [1.807, 2.05) is 19.2 Å². The Morgan fingerprint density at radius 1 is 1.00 bits per heavy atom. The molecular formula is C17H23N3. The predicted molar refractivity (Wildman–Crippen MR) is 86.3 cm³/mol. The van der Waals surface area contributed by atoms with Gasteiger partial charge in [0.05, 0.1) is 11.9 Å². The van der Waals surface area contributed by atoms with E-state index >= 15 is 0 Å². The molecule has 106 valence electrons. The highest BCUT2D eigenvalue weighted by atomic mass is 15.1. The molecule has 0 bridgehead atoms. The van der Waals surface area contributed by atoms with E-state index in [4.69, 9.17) is 0 Å². The lowest BCUT2D eigenvalue weighted by Gasteiger charge is -2.21. The zero-order chi connectivity index (χ0) is 14.4. The van der Waals surface area contributed by atoms with Gasteiger partial charge in [0.2, 0.25) is 0 Å². The van der Waals surface area contributed by atoms with Gasteiger partial charge in [-0.2, -0.15) is 0 Å². The van der Waals surface area contributed by atoms with Crippen molar-refractivity contribution in [2.45, 2.75) is 27.3 Å². The van der Waals surface area contributed by atoms with Crippen LogP contribution in [0.5, 0.6) is 0 Å². The van der Waals surface area contributed by atoms with Crippen molar-refractivity contribution in [1.29, 1.82) is 0 Å². The highest BCUT2D eigenvalue weighted by molar-refractivity contribution is 5.48. The molecule has 1 aromatic carbocycles. The molecule has 0 aliphatic heterocycles. The molecule has 0 unspecified atom stereocenters. The molecule has 20 heavy (non-hydrogen) atoms. The molecule has 1 N–H and O–H groups in total. The minimum Gasteiger partial charge on any atom is -0.380 e. The summed E-state index contributed by atoms with van der Waals surface area (Å²) in [5, 5.41) is 3.39. The maximum Gasteiger partial charge on any atom is 0.0529 e. The first-order valence-corrected chi connectivity index (χ1v) is 7.23. The Morgan fingerprint density at radius 3 is 2.25 bits per heavy atom. The Balaban J connectivity index is 1.95. The van der Waals surface area contributed by atoms with Gasteiger partial charge >= 0.3 is 0 Å². The summed E-state index contributed by atoms with van der Waals surface area (Å²) in [6, 6.07) is 12.8. The van der Waals surface area contributed by atoms with E-state index in [-0.39, 0.29) is 0 Å². The highest BCUT2D eigenvalue weighted by Crippen LogP contribution is 2.16. The van der Waals surface area contributed by atoms with Crippen molar-refractivity contribution < 1.29 is 0 Å². The third-order valence-corrected chi connectivity index (χ3v) is 3.47. The van der Waals surface area contributed by atoms with Gasteiger partial charge in [-0.15, -0.1) is 0 Å². The van der Waals surface area contributed by atoms with Crippen LogP contribution in [0.4, 0.5) is 11.4 Å². The van der Waals surface area contributed by atoms with Crippen LogP contribution in [-0.4, -0.2) is 18.1 Å². The number of pyridine rings is 1. The first-order chi connectivity index (χ1) is 9.72. The molecule has 1 aromatic heterocycles. The standard InChI is InChI=1S/C17H23N3/c1-4-20(5-2)17-10-7-15(8-11-17)12-19-16-9-6-14(3)18-13-16/h6-11,13,19H,4-5,12H2,1-3H3. The number of nitrogens with zero attached hydrogens (tertiary/aromatic N) is 2. The number of benzene rings is 1. The number of anilines is 2. The van der Waals surface area contributed by atoms with Crippen molar-refractivity contribution >= 4 is 11.4 Å². The van der Waals surface area contributed by atoms with Crippen LogP contribution < -0.4 is 10.2 Å². The fourth-order valence-electron chi connectivity index (χ4n) is 2.19. The Labute approximate surface area is 121 Å². The summed E-state index contributed by atoms with van der Waals surface area (Å²) in [5.41, 5.74) is 4.67. The largest absolute Gasteiger partial charge is 0.380 e. The van der Waals surface area contributed by atoms with Gasteiger partial charge in [-0.25, -0.2) is 0 Å². The van der Waals surface area contributed by atoms with E-state index in [2.05, 4.69) is 59.4 Å². The monoisotopic (exact) mass is 269 g/mol. The molecular weight excluding hydrogens is 246 g/mol. The summed E-state index contributed by atoms with van der Waals surface area (Å²) in [6.45, 7) is 9.28. The molecule has 0 aliphatic rings. The van der Waals surface area contributed by atoms with Gasteiger partial charge in [-0.3, -0.25) is 4.98 Å². The van der Waals surface area contributed by atoms with Crippen LogP contribution in [0, 0.1) is 6.92 Å². The number of hydrogen-bond donors (Lipinski definition) is 1. The van der Waals surface area contributed by atoms with Gasteiger partial charge in [0, 0.05) is 31.0 Å². The molecule has 2 rings (SSSR count). The van der Waals surface area contributed by atoms with Crippen molar-refractivity contribution in [3.63, 3.8) is 0 Å². The van der Waals surface area contributed by atoms with Crippen LogP contribution in [0.25, 0.3) is 0 Å². The average molecular weight is 269 g/mol. The second kappa shape index (κ2) is 6.94. The van der Waals surface area contributed by atoms with E-state index in [0.29, 0.717) is 0 Å². The minimum atomic E-state index is 0.823. The van der Waals surface area contributed by atoms with Gasteiger partial charge in [0.15, 0.2) is 0 Å². The quantitative estimate of drug-likeness (QED) is 0.863. The molecule has 0 fully saturated rings. The molecule has 0 spiro atoms. The second-order valence-electron chi connectivity index (χ2n) is 4.88. The molecule has 2 aromatic rings. The van der Waals surface area contributed by atoms with Crippen LogP contribution in [-0.2, 0) is 6.54 Å². The lowest BCUT2D eigenvalue weighted by Crippen LogP contribution is -2.21. The third kappa shape index (κ3) is 3.73.